The van der Waals surface area contributed by atoms with E-state index < -0.39 is 23.9 Å². The molecule has 2 aromatic heterocycles. The van der Waals surface area contributed by atoms with Gasteiger partial charge in [-0.3, -0.25) is 19.5 Å². The topological polar surface area (TPSA) is 117 Å². The second kappa shape index (κ2) is 7.08. The molecule has 0 aliphatic rings. The third-order valence-corrected chi connectivity index (χ3v) is 4.26. The zero-order chi connectivity index (χ0) is 17.9. The summed E-state index contributed by atoms with van der Waals surface area (Å²) in [7, 11) is 0. The standard InChI is InChI=1S/C15H20N4O4S/c1-15(2,3)4-5-24-10-6-9(20)12(13-17-8-18-19(10)13)14(23)16-7-11(21)22/h6,8H,4-5,7H2,1-3H3,(H,16,23)(H,17,18)(H,21,22). The molecule has 130 valence electrons. The lowest BCUT2D eigenvalue weighted by atomic mass is 9.94. The summed E-state index contributed by atoms with van der Waals surface area (Å²) in [4.78, 5) is 39.0. The number of nitrogens with one attached hydrogen (secondary N) is 2. The number of aromatic amines is 1. The van der Waals surface area contributed by atoms with E-state index in [1.54, 1.807) is 4.52 Å². The molecular formula is C15H20N4O4S. The zero-order valence-electron chi connectivity index (χ0n) is 13.8. The average Bonchev–Trinajstić information content (AvgIpc) is 2.92. The van der Waals surface area contributed by atoms with E-state index in [1.165, 1.54) is 24.2 Å². The van der Waals surface area contributed by atoms with Crippen molar-refractivity contribution >= 4 is 29.3 Å². The lowest BCUT2D eigenvalue weighted by Gasteiger charge is -2.17. The smallest absolute Gasteiger partial charge is 0.322 e. The maximum atomic E-state index is 12.3. The minimum Gasteiger partial charge on any atom is -0.480 e. The van der Waals surface area contributed by atoms with Crippen LogP contribution in [0.5, 0.6) is 0 Å². The van der Waals surface area contributed by atoms with Crippen LogP contribution in [0.15, 0.2) is 22.2 Å². The lowest BCUT2D eigenvalue weighted by molar-refractivity contribution is -0.135. The Hall–Kier alpha value is -2.29. The second-order valence-corrected chi connectivity index (χ2v) is 7.62. The minimum atomic E-state index is -1.18. The van der Waals surface area contributed by atoms with E-state index in [9.17, 15) is 14.4 Å². The highest BCUT2D eigenvalue weighted by Crippen LogP contribution is 2.25. The van der Waals surface area contributed by atoms with Crippen molar-refractivity contribution in [1.29, 1.82) is 0 Å². The molecule has 0 saturated heterocycles. The number of nitrogens with zero attached hydrogens (tertiary/aromatic N) is 2. The highest BCUT2D eigenvalue weighted by molar-refractivity contribution is 7.99. The van der Waals surface area contributed by atoms with E-state index in [2.05, 4.69) is 36.2 Å². The molecule has 1 amide bonds. The Bertz CT molecular complexity index is 819. The van der Waals surface area contributed by atoms with Gasteiger partial charge >= 0.3 is 5.97 Å². The molecule has 2 rings (SSSR count). The summed E-state index contributed by atoms with van der Waals surface area (Å²) in [6.07, 6.45) is 2.35. The molecule has 2 aromatic rings. The summed E-state index contributed by atoms with van der Waals surface area (Å²) in [5.41, 5.74) is -0.286. The molecule has 0 atom stereocenters. The van der Waals surface area contributed by atoms with Gasteiger partial charge in [-0.25, -0.2) is 9.50 Å². The highest BCUT2D eigenvalue weighted by Gasteiger charge is 2.20. The van der Waals surface area contributed by atoms with Gasteiger partial charge in [-0.15, -0.1) is 11.8 Å². The Balaban J connectivity index is 2.30. The molecule has 0 fully saturated rings. The molecule has 24 heavy (non-hydrogen) atoms. The zero-order valence-corrected chi connectivity index (χ0v) is 14.6. The van der Waals surface area contributed by atoms with Gasteiger partial charge in [0.05, 0.1) is 0 Å². The number of hydrogen-bond donors (Lipinski definition) is 3. The maximum Gasteiger partial charge on any atom is 0.322 e. The van der Waals surface area contributed by atoms with Crippen LogP contribution in [0.3, 0.4) is 0 Å². The number of fused-ring (bicyclic) bond motifs is 1. The van der Waals surface area contributed by atoms with Crippen LogP contribution in [0, 0.1) is 5.41 Å². The molecule has 0 radical (unpaired) electrons. The van der Waals surface area contributed by atoms with Crippen molar-refractivity contribution in [3.63, 3.8) is 0 Å². The van der Waals surface area contributed by atoms with Crippen molar-refractivity contribution in [1.82, 2.24) is 19.9 Å². The maximum absolute atomic E-state index is 12.3. The number of carboxylic acids is 1. The number of carbonyl (C=O) groups is 2. The quantitative estimate of drug-likeness (QED) is 0.676. The Morgan fingerprint density at radius 3 is 2.75 bits per heavy atom. The third-order valence-electron chi connectivity index (χ3n) is 3.26. The van der Waals surface area contributed by atoms with E-state index in [0.29, 0.717) is 5.03 Å². The molecule has 3 N–H and O–H groups in total. The number of thioether (sulfide) groups is 1. The van der Waals surface area contributed by atoms with Crippen molar-refractivity contribution in [2.24, 2.45) is 5.41 Å². The fourth-order valence-electron chi connectivity index (χ4n) is 2.00. The summed E-state index contributed by atoms with van der Waals surface area (Å²) >= 11 is 1.50. The van der Waals surface area contributed by atoms with Crippen molar-refractivity contribution in [3.8, 4) is 0 Å². The van der Waals surface area contributed by atoms with Gasteiger partial charge in [-0.05, 0) is 17.6 Å². The Kier molecular flexibility index (Phi) is 5.33. The van der Waals surface area contributed by atoms with Crippen LogP contribution in [-0.4, -0.2) is 43.9 Å². The first-order valence-electron chi connectivity index (χ1n) is 7.41. The van der Waals surface area contributed by atoms with Crippen LogP contribution in [0.4, 0.5) is 0 Å². The number of amides is 1. The Labute approximate surface area is 142 Å². The van der Waals surface area contributed by atoms with Gasteiger partial charge in [0.25, 0.3) is 5.91 Å². The number of H-pyrrole nitrogens is 1. The molecule has 0 saturated carbocycles. The number of hydrogen-bond acceptors (Lipinski definition) is 5. The fourth-order valence-corrected chi connectivity index (χ4v) is 3.38. The second-order valence-electron chi connectivity index (χ2n) is 6.50. The minimum absolute atomic E-state index is 0.169. The molecular weight excluding hydrogens is 332 g/mol. The van der Waals surface area contributed by atoms with Gasteiger partial charge in [-0.1, -0.05) is 20.8 Å². The van der Waals surface area contributed by atoms with E-state index in [0.717, 1.165) is 12.2 Å². The molecule has 0 spiro atoms. The van der Waals surface area contributed by atoms with Crippen LogP contribution in [0.2, 0.25) is 0 Å². The Morgan fingerprint density at radius 2 is 2.12 bits per heavy atom. The normalized spacial score (nSPS) is 11.6. The van der Waals surface area contributed by atoms with Crippen molar-refractivity contribution in [2.75, 3.05) is 12.3 Å². The first kappa shape index (κ1) is 18.1. The van der Waals surface area contributed by atoms with Crippen LogP contribution in [0.1, 0.15) is 37.6 Å². The lowest BCUT2D eigenvalue weighted by Crippen LogP contribution is -2.33. The molecule has 0 aromatic carbocycles. The fraction of sp³-hybridized carbons (Fsp3) is 0.467. The summed E-state index contributed by atoms with van der Waals surface area (Å²) < 4.78 is 1.56. The molecule has 9 heteroatoms. The number of carboxylic acid groups (broad SMARTS) is 1. The van der Waals surface area contributed by atoms with E-state index >= 15 is 0 Å². The number of pyridine rings is 1. The van der Waals surface area contributed by atoms with Gasteiger partial charge in [-0.2, -0.15) is 0 Å². The van der Waals surface area contributed by atoms with Crippen molar-refractivity contribution in [3.05, 3.63) is 28.2 Å². The summed E-state index contributed by atoms with van der Waals surface area (Å²) in [6, 6.07) is 1.37. The van der Waals surface area contributed by atoms with Crippen molar-refractivity contribution in [2.45, 2.75) is 32.2 Å². The van der Waals surface area contributed by atoms with Crippen LogP contribution in [0.25, 0.3) is 5.65 Å². The predicted octanol–water partition coefficient (Wildman–Crippen LogP) is 1.37. The predicted molar refractivity (Wildman–Crippen MR) is 90.6 cm³/mol. The van der Waals surface area contributed by atoms with Gasteiger partial charge in [0, 0.05) is 6.07 Å². The van der Waals surface area contributed by atoms with E-state index in [-0.39, 0.29) is 16.6 Å². The number of rotatable bonds is 6. The summed E-state index contributed by atoms with van der Waals surface area (Å²) in [6.45, 7) is 5.86. The molecule has 8 nitrogen and oxygen atoms in total. The van der Waals surface area contributed by atoms with Gasteiger partial charge in [0.1, 0.15) is 23.5 Å². The third kappa shape index (κ3) is 4.38. The molecule has 0 bridgehead atoms. The number of carbonyl (C=O) groups excluding carboxylic acids is 1. The molecule has 0 unspecified atom stereocenters. The van der Waals surface area contributed by atoms with Gasteiger partial charge in [0.15, 0.2) is 11.1 Å². The largest absolute Gasteiger partial charge is 0.480 e. The molecule has 0 aliphatic carbocycles. The first-order valence-corrected chi connectivity index (χ1v) is 8.39. The number of aromatic nitrogens is 3. The number of aliphatic carboxylic acids is 1. The van der Waals surface area contributed by atoms with Crippen LogP contribution < -0.4 is 10.7 Å². The van der Waals surface area contributed by atoms with E-state index in [4.69, 9.17) is 5.11 Å². The van der Waals surface area contributed by atoms with Crippen LogP contribution >= 0.6 is 11.8 Å². The summed E-state index contributed by atoms with van der Waals surface area (Å²) in [5.74, 6) is -1.12. The molecule has 0 aliphatic heterocycles. The first-order chi connectivity index (χ1) is 11.2. The summed E-state index contributed by atoms with van der Waals surface area (Å²) in [5, 5.41) is 14.4. The van der Waals surface area contributed by atoms with Crippen molar-refractivity contribution < 1.29 is 14.7 Å². The Morgan fingerprint density at radius 1 is 1.42 bits per heavy atom. The van der Waals surface area contributed by atoms with Crippen LogP contribution in [-0.2, 0) is 4.79 Å². The van der Waals surface area contributed by atoms with Gasteiger partial charge in [0.2, 0.25) is 0 Å². The highest BCUT2D eigenvalue weighted by atomic mass is 32.2. The van der Waals surface area contributed by atoms with Gasteiger partial charge < -0.3 is 10.4 Å². The molecule has 2 heterocycles. The SMILES string of the molecule is CC(C)(C)CCSc1cc(=O)c(C(=O)NCC(=O)O)c2nc[nH]n12. The average molecular weight is 352 g/mol. The monoisotopic (exact) mass is 352 g/mol. The van der Waals surface area contributed by atoms with E-state index in [1.807, 2.05) is 0 Å².